The van der Waals surface area contributed by atoms with Crippen LogP contribution in [-0.4, -0.2) is 29.9 Å². The Balaban J connectivity index is 1.47. The van der Waals surface area contributed by atoms with E-state index in [1.165, 1.54) is 11.1 Å². The first-order chi connectivity index (χ1) is 11.2. The Labute approximate surface area is 138 Å². The first kappa shape index (κ1) is 15.8. The van der Waals surface area contributed by atoms with E-state index in [1.54, 1.807) is 0 Å². The van der Waals surface area contributed by atoms with E-state index >= 15 is 0 Å². The van der Waals surface area contributed by atoms with Crippen LogP contribution in [0.5, 0.6) is 0 Å². The molecule has 1 saturated heterocycles. The highest BCUT2D eigenvalue weighted by Crippen LogP contribution is 2.14. The van der Waals surface area contributed by atoms with Crippen LogP contribution in [0.2, 0.25) is 0 Å². The van der Waals surface area contributed by atoms with Crippen LogP contribution < -0.4 is 5.32 Å². The number of hydrogen-bond donors (Lipinski definition) is 1. The average molecular weight is 308 g/mol. The van der Waals surface area contributed by atoms with Crippen molar-refractivity contribution in [2.24, 2.45) is 0 Å². The fraction of sp³-hybridized carbons (Fsp3) is 0.350. The normalized spacial score (nSPS) is 16.2. The molecule has 23 heavy (non-hydrogen) atoms. The number of amides is 1. The lowest BCUT2D eigenvalue weighted by Crippen LogP contribution is -2.44. The third-order valence-electron chi connectivity index (χ3n) is 4.49. The SMILES string of the molecule is Cc1ccc(C(=O)NC2CCN(Cc3ccccc3)CC2)cc1. The van der Waals surface area contributed by atoms with Gasteiger partial charge in [0, 0.05) is 31.2 Å². The summed E-state index contributed by atoms with van der Waals surface area (Å²) >= 11 is 0. The standard InChI is InChI=1S/C20H24N2O/c1-16-7-9-18(10-8-16)20(23)21-19-11-13-22(14-12-19)15-17-5-3-2-4-6-17/h2-10,19H,11-15H2,1H3,(H,21,23). The molecule has 1 amide bonds. The van der Waals surface area contributed by atoms with E-state index in [0.717, 1.165) is 38.0 Å². The minimum Gasteiger partial charge on any atom is -0.349 e. The molecule has 0 atom stereocenters. The first-order valence-corrected chi connectivity index (χ1v) is 8.34. The van der Waals surface area contributed by atoms with E-state index in [1.807, 2.05) is 31.2 Å². The number of nitrogens with one attached hydrogen (secondary N) is 1. The predicted molar refractivity (Wildman–Crippen MR) is 93.4 cm³/mol. The Hall–Kier alpha value is -2.13. The maximum Gasteiger partial charge on any atom is 0.251 e. The number of hydrogen-bond acceptors (Lipinski definition) is 2. The highest BCUT2D eigenvalue weighted by Gasteiger charge is 2.21. The molecule has 0 saturated carbocycles. The van der Waals surface area contributed by atoms with Crippen molar-refractivity contribution in [3.63, 3.8) is 0 Å². The molecular formula is C20H24N2O. The van der Waals surface area contributed by atoms with Crippen LogP contribution in [0.25, 0.3) is 0 Å². The van der Waals surface area contributed by atoms with Crippen molar-refractivity contribution in [1.82, 2.24) is 10.2 Å². The molecule has 1 N–H and O–H groups in total. The second kappa shape index (κ2) is 7.42. The van der Waals surface area contributed by atoms with Crippen LogP contribution in [0.3, 0.4) is 0 Å². The predicted octanol–water partition coefficient (Wildman–Crippen LogP) is 3.39. The van der Waals surface area contributed by atoms with Gasteiger partial charge in [-0.15, -0.1) is 0 Å². The Bertz CT molecular complexity index is 628. The monoisotopic (exact) mass is 308 g/mol. The molecule has 3 nitrogen and oxygen atoms in total. The van der Waals surface area contributed by atoms with Crippen molar-refractivity contribution < 1.29 is 4.79 Å². The van der Waals surface area contributed by atoms with Crippen molar-refractivity contribution in [3.8, 4) is 0 Å². The van der Waals surface area contributed by atoms with Crippen LogP contribution >= 0.6 is 0 Å². The molecule has 2 aromatic carbocycles. The van der Waals surface area contributed by atoms with E-state index < -0.39 is 0 Å². The average Bonchev–Trinajstić information content (AvgIpc) is 2.58. The fourth-order valence-electron chi connectivity index (χ4n) is 3.05. The van der Waals surface area contributed by atoms with Gasteiger partial charge >= 0.3 is 0 Å². The number of carbonyl (C=O) groups is 1. The second-order valence-corrected chi connectivity index (χ2v) is 6.38. The molecule has 0 spiro atoms. The van der Waals surface area contributed by atoms with Gasteiger partial charge in [-0.3, -0.25) is 9.69 Å². The van der Waals surface area contributed by atoms with Gasteiger partial charge in [0.1, 0.15) is 0 Å². The second-order valence-electron chi connectivity index (χ2n) is 6.38. The summed E-state index contributed by atoms with van der Waals surface area (Å²) < 4.78 is 0. The number of carbonyl (C=O) groups excluding carboxylic acids is 1. The lowest BCUT2D eigenvalue weighted by Gasteiger charge is -2.32. The third-order valence-corrected chi connectivity index (χ3v) is 4.49. The van der Waals surface area contributed by atoms with Crippen LogP contribution in [0.4, 0.5) is 0 Å². The van der Waals surface area contributed by atoms with Crippen LogP contribution in [0.15, 0.2) is 54.6 Å². The quantitative estimate of drug-likeness (QED) is 0.939. The lowest BCUT2D eigenvalue weighted by atomic mass is 10.0. The Kier molecular flexibility index (Phi) is 5.09. The zero-order valence-electron chi connectivity index (χ0n) is 13.7. The number of nitrogens with zero attached hydrogens (tertiary/aromatic N) is 1. The van der Waals surface area contributed by atoms with E-state index in [4.69, 9.17) is 0 Å². The summed E-state index contributed by atoms with van der Waals surface area (Å²) in [5.74, 6) is 0.0477. The molecule has 1 aliphatic rings. The van der Waals surface area contributed by atoms with E-state index in [0.29, 0.717) is 0 Å². The van der Waals surface area contributed by atoms with Crippen LogP contribution in [0.1, 0.15) is 34.3 Å². The van der Waals surface area contributed by atoms with Gasteiger partial charge in [-0.25, -0.2) is 0 Å². The van der Waals surface area contributed by atoms with Gasteiger partial charge in [0.2, 0.25) is 0 Å². The fourth-order valence-corrected chi connectivity index (χ4v) is 3.05. The summed E-state index contributed by atoms with van der Waals surface area (Å²) in [5.41, 5.74) is 3.28. The number of likely N-dealkylation sites (tertiary alicyclic amines) is 1. The molecule has 0 aliphatic carbocycles. The molecular weight excluding hydrogens is 284 g/mol. The minimum atomic E-state index is 0.0477. The minimum absolute atomic E-state index is 0.0477. The Morgan fingerprint density at radius 1 is 1.04 bits per heavy atom. The van der Waals surface area contributed by atoms with Crippen molar-refractivity contribution in [2.45, 2.75) is 32.4 Å². The molecule has 3 rings (SSSR count). The maximum atomic E-state index is 12.3. The molecule has 2 aromatic rings. The van der Waals surface area contributed by atoms with Gasteiger partial charge in [-0.1, -0.05) is 48.0 Å². The van der Waals surface area contributed by atoms with Crippen molar-refractivity contribution in [3.05, 3.63) is 71.3 Å². The number of benzene rings is 2. The van der Waals surface area contributed by atoms with Crippen molar-refractivity contribution >= 4 is 5.91 Å². The van der Waals surface area contributed by atoms with E-state index in [2.05, 4.69) is 40.5 Å². The molecule has 3 heteroatoms. The molecule has 0 unspecified atom stereocenters. The highest BCUT2D eigenvalue weighted by atomic mass is 16.1. The molecule has 120 valence electrons. The topological polar surface area (TPSA) is 32.3 Å². The molecule has 1 fully saturated rings. The van der Waals surface area contributed by atoms with E-state index in [9.17, 15) is 4.79 Å². The highest BCUT2D eigenvalue weighted by molar-refractivity contribution is 5.94. The van der Waals surface area contributed by atoms with Gasteiger partial charge in [0.25, 0.3) is 5.91 Å². The van der Waals surface area contributed by atoms with Crippen LogP contribution in [-0.2, 0) is 6.54 Å². The molecule has 1 aliphatic heterocycles. The van der Waals surface area contributed by atoms with Crippen LogP contribution in [0, 0.1) is 6.92 Å². The molecule has 0 aromatic heterocycles. The van der Waals surface area contributed by atoms with Gasteiger partial charge < -0.3 is 5.32 Å². The number of rotatable bonds is 4. The zero-order chi connectivity index (χ0) is 16.1. The first-order valence-electron chi connectivity index (χ1n) is 8.34. The molecule has 1 heterocycles. The summed E-state index contributed by atoms with van der Waals surface area (Å²) in [6, 6.07) is 18.6. The number of piperidine rings is 1. The van der Waals surface area contributed by atoms with Crippen molar-refractivity contribution in [1.29, 1.82) is 0 Å². The molecule has 0 radical (unpaired) electrons. The smallest absolute Gasteiger partial charge is 0.251 e. The van der Waals surface area contributed by atoms with Gasteiger partial charge in [0.05, 0.1) is 0 Å². The van der Waals surface area contributed by atoms with Crippen molar-refractivity contribution in [2.75, 3.05) is 13.1 Å². The van der Waals surface area contributed by atoms with Gasteiger partial charge in [-0.05, 0) is 37.5 Å². The summed E-state index contributed by atoms with van der Waals surface area (Å²) in [6.45, 7) is 5.10. The maximum absolute atomic E-state index is 12.3. The third kappa shape index (κ3) is 4.42. The Morgan fingerprint density at radius 2 is 1.70 bits per heavy atom. The largest absolute Gasteiger partial charge is 0.349 e. The van der Waals surface area contributed by atoms with Gasteiger partial charge in [0.15, 0.2) is 0 Å². The summed E-state index contributed by atoms with van der Waals surface area (Å²) in [6.07, 6.45) is 2.04. The van der Waals surface area contributed by atoms with E-state index in [-0.39, 0.29) is 11.9 Å². The number of aryl methyl sites for hydroxylation is 1. The summed E-state index contributed by atoms with van der Waals surface area (Å²) in [5, 5.41) is 3.17. The zero-order valence-corrected chi connectivity index (χ0v) is 13.7. The molecule has 0 bridgehead atoms. The van der Waals surface area contributed by atoms with Gasteiger partial charge in [-0.2, -0.15) is 0 Å². The summed E-state index contributed by atoms with van der Waals surface area (Å²) in [7, 11) is 0. The summed E-state index contributed by atoms with van der Waals surface area (Å²) in [4.78, 5) is 14.7. The lowest BCUT2D eigenvalue weighted by molar-refractivity contribution is 0.0909. The Morgan fingerprint density at radius 3 is 2.35 bits per heavy atom.